The van der Waals surface area contributed by atoms with Gasteiger partial charge in [0.25, 0.3) is 15.9 Å². The molecule has 0 atom stereocenters. The third-order valence-electron chi connectivity index (χ3n) is 4.80. The molecule has 0 aliphatic heterocycles. The molecule has 0 spiro atoms. The maximum atomic E-state index is 12.9. The normalized spacial score (nSPS) is 11.4. The lowest BCUT2D eigenvalue weighted by molar-refractivity contribution is 0.0599. The van der Waals surface area contributed by atoms with Crippen LogP contribution in [0.15, 0.2) is 26.9 Å². The van der Waals surface area contributed by atoms with Gasteiger partial charge in [-0.05, 0) is 55.8 Å². The summed E-state index contributed by atoms with van der Waals surface area (Å²) < 4.78 is 38.0. The Morgan fingerprint density at radius 1 is 1.26 bits per heavy atom. The molecule has 0 saturated carbocycles. The predicted octanol–water partition coefficient (Wildman–Crippen LogP) is 4.82. The Morgan fingerprint density at radius 2 is 1.97 bits per heavy atom. The van der Waals surface area contributed by atoms with Crippen molar-refractivity contribution in [3.8, 4) is 0 Å². The molecule has 0 fully saturated rings. The highest BCUT2D eigenvalue weighted by molar-refractivity contribution is 7.93. The van der Waals surface area contributed by atoms with E-state index in [-0.39, 0.29) is 22.3 Å². The molecule has 11 heteroatoms. The number of anilines is 2. The van der Waals surface area contributed by atoms with Crippen molar-refractivity contribution >= 4 is 50.5 Å². The number of halogens is 1. The lowest BCUT2D eigenvalue weighted by atomic mass is 9.97. The number of sulfonamides is 1. The van der Waals surface area contributed by atoms with Gasteiger partial charge in [0.2, 0.25) is 0 Å². The van der Waals surface area contributed by atoms with Crippen molar-refractivity contribution in [2.45, 2.75) is 39.1 Å². The minimum atomic E-state index is -3.94. The van der Waals surface area contributed by atoms with Crippen molar-refractivity contribution in [3.63, 3.8) is 0 Å². The molecule has 166 valence electrons. The minimum Gasteiger partial charge on any atom is -0.465 e. The molecule has 2 aromatic heterocycles. The van der Waals surface area contributed by atoms with Gasteiger partial charge in [-0.3, -0.25) is 0 Å². The van der Waals surface area contributed by atoms with Crippen molar-refractivity contribution < 1.29 is 22.5 Å². The van der Waals surface area contributed by atoms with Crippen LogP contribution in [0.2, 0.25) is 5.02 Å². The number of methoxy groups -OCH3 is 1. The summed E-state index contributed by atoms with van der Waals surface area (Å²) in [7, 11) is -2.60. The second-order valence-electron chi connectivity index (χ2n) is 6.96. The molecule has 31 heavy (non-hydrogen) atoms. The smallest absolute Gasteiger partial charge is 0.338 e. The number of nitrogens with zero attached hydrogens (tertiary/aromatic N) is 1. The van der Waals surface area contributed by atoms with E-state index in [0.717, 1.165) is 22.4 Å². The number of aryl methyl sites for hydroxylation is 3. The molecule has 0 saturated heterocycles. The fourth-order valence-corrected chi connectivity index (χ4v) is 5.89. The monoisotopic (exact) mass is 483 g/mol. The van der Waals surface area contributed by atoms with E-state index in [1.165, 1.54) is 24.5 Å². The Bertz CT molecular complexity index is 1250. The van der Waals surface area contributed by atoms with Crippen molar-refractivity contribution in [1.82, 2.24) is 5.16 Å². The topological polar surface area (TPSA) is 111 Å². The van der Waals surface area contributed by atoms with Gasteiger partial charge in [-0.15, -0.1) is 11.3 Å². The maximum absolute atomic E-state index is 12.9. The standard InChI is InChI=1S/C20H22ClN3O5S2/c1-10-8-11(2)18(12(3)16(10)20(25)28-5)22-9-14-15(6-7-30-14)31(26,27)24-19-17(21)13(4)23-29-19/h6-8,22,24H,9H2,1-5H3. The molecule has 0 radical (unpaired) electrons. The van der Waals surface area contributed by atoms with Crippen molar-refractivity contribution in [2.75, 3.05) is 17.1 Å². The zero-order chi connectivity index (χ0) is 22.9. The second-order valence-corrected chi connectivity index (χ2v) is 9.98. The van der Waals surface area contributed by atoms with Crippen LogP contribution >= 0.6 is 22.9 Å². The summed E-state index contributed by atoms with van der Waals surface area (Å²) in [6, 6.07) is 3.40. The van der Waals surface area contributed by atoms with E-state index in [4.69, 9.17) is 20.9 Å². The second kappa shape index (κ2) is 8.89. The molecular weight excluding hydrogens is 462 g/mol. The number of benzene rings is 1. The first-order valence-corrected chi connectivity index (χ1v) is 11.9. The number of hydrogen-bond acceptors (Lipinski definition) is 8. The van der Waals surface area contributed by atoms with Gasteiger partial charge in [0.1, 0.15) is 15.6 Å². The largest absolute Gasteiger partial charge is 0.465 e. The maximum Gasteiger partial charge on any atom is 0.338 e. The van der Waals surface area contributed by atoms with E-state index in [9.17, 15) is 13.2 Å². The van der Waals surface area contributed by atoms with Gasteiger partial charge in [-0.1, -0.05) is 22.8 Å². The van der Waals surface area contributed by atoms with Gasteiger partial charge >= 0.3 is 5.97 Å². The molecular formula is C20H22ClN3O5S2. The zero-order valence-electron chi connectivity index (χ0n) is 17.6. The van der Waals surface area contributed by atoms with E-state index < -0.39 is 16.0 Å². The quantitative estimate of drug-likeness (QED) is 0.463. The summed E-state index contributed by atoms with van der Waals surface area (Å²) in [6.45, 7) is 7.45. The summed E-state index contributed by atoms with van der Waals surface area (Å²) in [5.74, 6) is -0.543. The number of nitrogens with one attached hydrogen (secondary N) is 2. The summed E-state index contributed by atoms with van der Waals surface area (Å²) in [6.07, 6.45) is 0. The third-order valence-corrected chi connectivity index (χ3v) is 7.71. The molecule has 3 rings (SSSR count). The molecule has 0 aliphatic rings. The lowest BCUT2D eigenvalue weighted by Crippen LogP contribution is -2.15. The Hall–Kier alpha value is -2.56. The molecule has 0 aliphatic carbocycles. The molecule has 3 aromatic rings. The first-order valence-electron chi connectivity index (χ1n) is 9.20. The van der Waals surface area contributed by atoms with Crippen LogP contribution in [0.3, 0.4) is 0 Å². The zero-order valence-corrected chi connectivity index (χ0v) is 20.0. The van der Waals surface area contributed by atoms with Crippen LogP contribution in [-0.2, 0) is 21.3 Å². The molecule has 2 N–H and O–H groups in total. The van der Waals surface area contributed by atoms with Gasteiger partial charge in [0.05, 0.1) is 19.2 Å². The highest BCUT2D eigenvalue weighted by atomic mass is 35.5. The lowest BCUT2D eigenvalue weighted by Gasteiger charge is -2.17. The van der Waals surface area contributed by atoms with Gasteiger partial charge in [0, 0.05) is 10.6 Å². The number of thiophene rings is 1. The van der Waals surface area contributed by atoms with Gasteiger partial charge < -0.3 is 14.6 Å². The SMILES string of the molecule is COC(=O)c1c(C)cc(C)c(NCc2sccc2S(=O)(=O)Nc2onc(C)c2Cl)c1C. The van der Waals surface area contributed by atoms with E-state index >= 15 is 0 Å². The van der Waals surface area contributed by atoms with Crippen LogP contribution in [0, 0.1) is 27.7 Å². The Morgan fingerprint density at radius 3 is 2.58 bits per heavy atom. The first-order chi connectivity index (χ1) is 14.6. The predicted molar refractivity (Wildman–Crippen MR) is 121 cm³/mol. The average Bonchev–Trinajstić information content (AvgIpc) is 3.30. The van der Waals surface area contributed by atoms with Gasteiger partial charge in [0.15, 0.2) is 0 Å². The van der Waals surface area contributed by atoms with Crippen LogP contribution in [0.25, 0.3) is 0 Å². The Balaban J connectivity index is 1.88. The average molecular weight is 484 g/mol. The number of hydrogen-bond donors (Lipinski definition) is 2. The Labute approximate surface area is 189 Å². The van der Waals surface area contributed by atoms with E-state index in [1.807, 2.05) is 26.8 Å². The third kappa shape index (κ3) is 4.56. The first kappa shape index (κ1) is 23.1. The van der Waals surface area contributed by atoms with Gasteiger partial charge in [-0.25, -0.2) is 17.9 Å². The Kier molecular flexibility index (Phi) is 6.63. The fraction of sp³-hybridized carbons (Fsp3) is 0.300. The molecule has 0 unspecified atom stereocenters. The van der Waals surface area contributed by atoms with E-state index in [2.05, 4.69) is 15.2 Å². The molecule has 2 heterocycles. The number of rotatable bonds is 7. The van der Waals surface area contributed by atoms with Crippen molar-refractivity contribution in [3.05, 3.63) is 55.4 Å². The highest BCUT2D eigenvalue weighted by Gasteiger charge is 2.24. The van der Waals surface area contributed by atoms with Crippen molar-refractivity contribution in [2.24, 2.45) is 0 Å². The van der Waals surface area contributed by atoms with Crippen LogP contribution < -0.4 is 10.0 Å². The number of carbonyl (C=O) groups is 1. The number of esters is 1. The van der Waals surface area contributed by atoms with Crippen LogP contribution in [0.1, 0.15) is 37.6 Å². The summed E-state index contributed by atoms with van der Waals surface area (Å²) in [4.78, 5) is 12.9. The van der Waals surface area contributed by atoms with Crippen LogP contribution in [0.5, 0.6) is 0 Å². The number of ether oxygens (including phenoxy) is 1. The fourth-order valence-electron chi connectivity index (χ4n) is 3.34. The highest BCUT2D eigenvalue weighted by Crippen LogP contribution is 2.32. The number of aromatic nitrogens is 1. The molecule has 8 nitrogen and oxygen atoms in total. The van der Waals surface area contributed by atoms with E-state index in [0.29, 0.717) is 16.1 Å². The molecule has 0 bridgehead atoms. The summed E-state index contributed by atoms with van der Waals surface area (Å²) in [5, 5.41) is 8.72. The van der Waals surface area contributed by atoms with Crippen LogP contribution in [-0.4, -0.2) is 26.7 Å². The summed E-state index contributed by atoms with van der Waals surface area (Å²) >= 11 is 7.32. The summed E-state index contributed by atoms with van der Waals surface area (Å²) in [5.41, 5.74) is 4.13. The van der Waals surface area contributed by atoms with E-state index in [1.54, 1.807) is 12.3 Å². The van der Waals surface area contributed by atoms with Crippen molar-refractivity contribution in [1.29, 1.82) is 0 Å². The van der Waals surface area contributed by atoms with Gasteiger partial charge in [-0.2, -0.15) is 0 Å². The van der Waals surface area contributed by atoms with Crippen LogP contribution in [0.4, 0.5) is 11.6 Å². The molecule has 0 amide bonds. The molecule has 1 aromatic carbocycles. The minimum absolute atomic E-state index is 0.103. The number of carbonyl (C=O) groups excluding carboxylic acids is 1.